The van der Waals surface area contributed by atoms with Crippen molar-refractivity contribution in [3.05, 3.63) is 58.7 Å². The van der Waals surface area contributed by atoms with Crippen molar-refractivity contribution in [2.45, 2.75) is 40.6 Å². The number of hydrogen-bond donors (Lipinski definition) is 1. The number of aryl methyl sites for hydroxylation is 4. The lowest BCUT2D eigenvalue weighted by Crippen LogP contribution is -2.36. The summed E-state index contributed by atoms with van der Waals surface area (Å²) < 4.78 is 8.87. The van der Waals surface area contributed by atoms with Crippen molar-refractivity contribution in [2.24, 2.45) is 0 Å². The van der Waals surface area contributed by atoms with Crippen LogP contribution >= 0.6 is 0 Å². The predicted octanol–water partition coefficient (Wildman–Crippen LogP) is 4.57. The number of benzene rings is 2. The molecule has 1 saturated heterocycles. The lowest BCUT2D eigenvalue weighted by molar-refractivity contribution is 0.789. The first kappa shape index (κ1) is 14.3. The maximum Gasteiger partial charge on any atom is 0.203 e. The molecule has 3 rings (SSSR count). The Morgan fingerprint density at radius 2 is 1.35 bits per heavy atom. The predicted molar refractivity (Wildman–Crippen MR) is 98.8 cm³/mol. The van der Waals surface area contributed by atoms with Gasteiger partial charge in [-0.15, -0.1) is 0 Å². The molecule has 1 aliphatic heterocycles. The second kappa shape index (κ2) is 5.73. The van der Waals surface area contributed by atoms with E-state index in [0.29, 0.717) is 12.5 Å². The van der Waals surface area contributed by atoms with E-state index >= 15 is 0 Å². The van der Waals surface area contributed by atoms with Gasteiger partial charge in [-0.05, 0) is 56.9 Å². The normalized spacial score (nSPS) is 21.8. The molecule has 0 radical (unpaired) electrons. The Bertz CT molecular complexity index is 770. The highest BCUT2D eigenvalue weighted by Gasteiger charge is 2.35. The third kappa shape index (κ3) is 2.50. The summed E-state index contributed by atoms with van der Waals surface area (Å²) in [6.45, 7) is 10.6. The van der Waals surface area contributed by atoms with Crippen molar-refractivity contribution in [3.63, 3.8) is 0 Å². The van der Waals surface area contributed by atoms with Crippen LogP contribution in [0, 0.1) is 33.1 Å². The topological polar surface area (TPSA) is 30.3 Å². The summed E-state index contributed by atoms with van der Waals surface area (Å²) in [5.74, 6) is 0.377. The molecular weight excluding hydrogens is 282 g/mol. The minimum absolute atomic E-state index is 0.377. The van der Waals surface area contributed by atoms with Gasteiger partial charge in [0.15, 0.2) is 0 Å². The van der Waals surface area contributed by atoms with Gasteiger partial charge in [0.2, 0.25) is 5.96 Å². The minimum atomic E-state index is -0.886. The van der Waals surface area contributed by atoms with Crippen LogP contribution < -0.4 is 9.80 Å². The standard InChI is InChI=1S/C20H25N3/c1-13-8-6-9-14(2)18(13)22-12-17(5)23(20(22)21)19-15(3)10-7-11-16(19)4/h6-11,17,21H,12H2,1-5H3/i17D. The van der Waals surface area contributed by atoms with Gasteiger partial charge in [-0.3, -0.25) is 5.41 Å². The average Bonchev–Trinajstić information content (AvgIpc) is 2.70. The molecule has 1 atom stereocenters. The molecule has 0 aromatic heterocycles. The van der Waals surface area contributed by atoms with Crippen LogP contribution in [-0.4, -0.2) is 18.5 Å². The molecule has 23 heavy (non-hydrogen) atoms. The number of para-hydroxylation sites is 2. The fraction of sp³-hybridized carbons (Fsp3) is 0.350. The maximum atomic E-state index is 8.87. The average molecular weight is 308 g/mol. The highest BCUT2D eigenvalue weighted by Crippen LogP contribution is 2.35. The lowest BCUT2D eigenvalue weighted by Gasteiger charge is -2.28. The van der Waals surface area contributed by atoms with E-state index in [1.807, 2.05) is 54.8 Å². The number of anilines is 2. The molecule has 1 N–H and O–H groups in total. The van der Waals surface area contributed by atoms with Gasteiger partial charge in [0.1, 0.15) is 0 Å². The summed E-state index contributed by atoms with van der Waals surface area (Å²) in [6.07, 6.45) is 0. The molecule has 1 aliphatic rings. The van der Waals surface area contributed by atoms with Crippen molar-refractivity contribution in [1.29, 1.82) is 5.41 Å². The van der Waals surface area contributed by atoms with Crippen LogP contribution in [0.2, 0.25) is 0 Å². The van der Waals surface area contributed by atoms with E-state index in [2.05, 4.69) is 26.0 Å². The molecule has 3 nitrogen and oxygen atoms in total. The smallest absolute Gasteiger partial charge is 0.203 e. The molecule has 0 saturated carbocycles. The third-order valence-electron chi connectivity index (χ3n) is 4.61. The van der Waals surface area contributed by atoms with Crippen LogP contribution in [-0.2, 0) is 0 Å². The van der Waals surface area contributed by atoms with Gasteiger partial charge >= 0.3 is 0 Å². The molecule has 120 valence electrons. The Hall–Kier alpha value is -2.29. The molecule has 1 heterocycles. The number of hydrogen-bond acceptors (Lipinski definition) is 1. The van der Waals surface area contributed by atoms with Gasteiger partial charge in [0.05, 0.1) is 7.39 Å². The van der Waals surface area contributed by atoms with Crippen LogP contribution in [0.5, 0.6) is 0 Å². The third-order valence-corrected chi connectivity index (χ3v) is 4.61. The van der Waals surface area contributed by atoms with Gasteiger partial charge in [-0.1, -0.05) is 36.4 Å². The van der Waals surface area contributed by atoms with Crippen LogP contribution in [0.4, 0.5) is 11.4 Å². The van der Waals surface area contributed by atoms with Crippen LogP contribution in [0.3, 0.4) is 0 Å². The zero-order valence-electron chi connectivity index (χ0n) is 15.6. The summed E-state index contributed by atoms with van der Waals surface area (Å²) >= 11 is 0. The zero-order chi connectivity index (χ0) is 17.6. The minimum Gasteiger partial charge on any atom is -0.310 e. The van der Waals surface area contributed by atoms with Crippen molar-refractivity contribution in [3.8, 4) is 0 Å². The van der Waals surface area contributed by atoms with Crippen LogP contribution in [0.1, 0.15) is 30.5 Å². The number of nitrogens with zero attached hydrogens (tertiary/aromatic N) is 2. The van der Waals surface area contributed by atoms with E-state index in [1.165, 1.54) is 0 Å². The van der Waals surface area contributed by atoms with Gasteiger partial charge in [0.25, 0.3) is 0 Å². The van der Waals surface area contributed by atoms with E-state index in [4.69, 9.17) is 6.78 Å². The van der Waals surface area contributed by atoms with Crippen LogP contribution in [0.25, 0.3) is 0 Å². The fourth-order valence-electron chi connectivity index (χ4n) is 3.55. The first-order valence-electron chi connectivity index (χ1n) is 8.53. The van der Waals surface area contributed by atoms with E-state index in [9.17, 15) is 0 Å². The molecule has 1 fully saturated rings. The van der Waals surface area contributed by atoms with E-state index in [1.54, 1.807) is 0 Å². The Morgan fingerprint density at radius 1 is 0.913 bits per heavy atom. The van der Waals surface area contributed by atoms with E-state index in [0.717, 1.165) is 33.6 Å². The summed E-state index contributed by atoms with van der Waals surface area (Å²) in [6, 6.07) is 11.4. The summed E-state index contributed by atoms with van der Waals surface area (Å²) in [7, 11) is 0. The Kier molecular flexibility index (Phi) is 3.56. The Balaban J connectivity index is 2.13. The Morgan fingerprint density at radius 3 is 1.83 bits per heavy atom. The quantitative estimate of drug-likeness (QED) is 0.881. The molecule has 2 aromatic rings. The summed E-state index contributed by atoms with van der Waals surface area (Å²) in [5, 5.41) is 8.81. The highest BCUT2D eigenvalue weighted by atomic mass is 15.4. The summed E-state index contributed by atoms with van der Waals surface area (Å²) in [5.41, 5.74) is 6.50. The molecule has 0 bridgehead atoms. The maximum absolute atomic E-state index is 8.87. The van der Waals surface area contributed by atoms with Crippen molar-refractivity contribution >= 4 is 17.3 Å². The summed E-state index contributed by atoms with van der Waals surface area (Å²) in [4.78, 5) is 3.84. The molecule has 1 unspecified atom stereocenters. The largest absolute Gasteiger partial charge is 0.310 e. The van der Waals surface area contributed by atoms with Gasteiger partial charge in [-0.2, -0.15) is 0 Å². The van der Waals surface area contributed by atoms with Crippen molar-refractivity contribution in [1.82, 2.24) is 0 Å². The van der Waals surface area contributed by atoms with Crippen LogP contribution in [0.15, 0.2) is 36.4 Å². The molecule has 2 aromatic carbocycles. The Labute approximate surface area is 140 Å². The molecular formula is C20H25N3. The first-order valence-corrected chi connectivity index (χ1v) is 8.03. The molecule has 3 heteroatoms. The monoisotopic (exact) mass is 308 g/mol. The van der Waals surface area contributed by atoms with Crippen molar-refractivity contribution < 1.29 is 1.37 Å². The second-order valence-electron chi connectivity index (χ2n) is 6.46. The SMILES string of the molecule is [2H]C1(C)CN(c2c(C)cccc2C)C(=N)N1c1c(C)cccc1C. The first-order chi connectivity index (χ1) is 11.2. The fourth-order valence-corrected chi connectivity index (χ4v) is 3.55. The van der Waals surface area contributed by atoms with Gasteiger partial charge in [-0.25, -0.2) is 0 Å². The molecule has 0 spiro atoms. The number of nitrogens with one attached hydrogen (secondary N) is 1. The molecule has 0 amide bonds. The number of guanidine groups is 1. The van der Waals surface area contributed by atoms with E-state index < -0.39 is 6.02 Å². The highest BCUT2D eigenvalue weighted by molar-refractivity contribution is 6.09. The van der Waals surface area contributed by atoms with Gasteiger partial charge < -0.3 is 9.80 Å². The van der Waals surface area contributed by atoms with E-state index in [-0.39, 0.29) is 0 Å². The lowest BCUT2D eigenvalue weighted by atomic mass is 10.1. The zero-order valence-corrected chi connectivity index (χ0v) is 14.6. The second-order valence-corrected chi connectivity index (χ2v) is 6.46. The van der Waals surface area contributed by atoms with Crippen molar-refractivity contribution in [2.75, 3.05) is 16.3 Å². The molecule has 0 aliphatic carbocycles. The number of rotatable bonds is 2. The van der Waals surface area contributed by atoms with Gasteiger partial charge in [0, 0.05) is 17.9 Å².